The van der Waals surface area contributed by atoms with Crippen LogP contribution in [-0.4, -0.2) is 4.98 Å². The van der Waals surface area contributed by atoms with Gasteiger partial charge in [0.1, 0.15) is 11.6 Å². The average molecular weight is 253 g/mol. The summed E-state index contributed by atoms with van der Waals surface area (Å²) in [5, 5.41) is 9.13. The Balaban J connectivity index is 2.37. The first-order valence-electron chi connectivity index (χ1n) is 6.07. The van der Waals surface area contributed by atoms with Crippen LogP contribution in [-0.2, 0) is 6.42 Å². The molecule has 0 unspecified atom stereocenters. The minimum Gasteiger partial charge on any atom is -0.436 e. The molecule has 0 spiro atoms. The van der Waals surface area contributed by atoms with Gasteiger partial charge in [0.2, 0.25) is 5.88 Å². The SMILES string of the molecule is CCc1ccc(Oc2nccc(C)c2C#N)c(N)c1. The van der Waals surface area contributed by atoms with E-state index in [4.69, 9.17) is 15.7 Å². The van der Waals surface area contributed by atoms with Crippen LogP contribution in [0.3, 0.4) is 0 Å². The predicted octanol–water partition coefficient (Wildman–Crippen LogP) is 3.20. The van der Waals surface area contributed by atoms with Crippen LogP contribution >= 0.6 is 0 Å². The van der Waals surface area contributed by atoms with Crippen molar-refractivity contribution in [3.05, 3.63) is 47.2 Å². The van der Waals surface area contributed by atoms with E-state index in [0.717, 1.165) is 17.5 Å². The van der Waals surface area contributed by atoms with Crippen molar-refractivity contribution in [2.45, 2.75) is 20.3 Å². The van der Waals surface area contributed by atoms with Gasteiger partial charge in [-0.2, -0.15) is 5.26 Å². The number of nitrogens with zero attached hydrogens (tertiary/aromatic N) is 2. The molecule has 1 aromatic carbocycles. The number of aryl methyl sites for hydroxylation is 2. The normalized spacial score (nSPS) is 9.95. The minimum absolute atomic E-state index is 0.290. The molecule has 0 amide bonds. The fourth-order valence-electron chi connectivity index (χ4n) is 1.76. The van der Waals surface area contributed by atoms with E-state index in [1.165, 1.54) is 0 Å². The van der Waals surface area contributed by atoms with Crippen LogP contribution in [0.25, 0.3) is 0 Å². The molecule has 2 aromatic rings. The summed E-state index contributed by atoms with van der Waals surface area (Å²) >= 11 is 0. The first kappa shape index (κ1) is 12.9. The number of nitrogen functional groups attached to an aromatic ring is 1. The fraction of sp³-hybridized carbons (Fsp3) is 0.200. The summed E-state index contributed by atoms with van der Waals surface area (Å²) in [4.78, 5) is 4.09. The Morgan fingerprint density at radius 2 is 2.16 bits per heavy atom. The summed E-state index contributed by atoms with van der Waals surface area (Å²) in [6.07, 6.45) is 2.53. The Kier molecular flexibility index (Phi) is 3.67. The molecule has 2 rings (SSSR count). The Morgan fingerprint density at radius 1 is 1.37 bits per heavy atom. The third-order valence-electron chi connectivity index (χ3n) is 2.93. The highest BCUT2D eigenvalue weighted by molar-refractivity contribution is 5.56. The third-order valence-corrected chi connectivity index (χ3v) is 2.93. The molecule has 0 radical (unpaired) electrons. The molecule has 0 saturated heterocycles. The summed E-state index contributed by atoms with van der Waals surface area (Å²) < 4.78 is 5.65. The molecular weight excluding hydrogens is 238 g/mol. The van der Waals surface area contributed by atoms with Crippen LogP contribution in [0.15, 0.2) is 30.5 Å². The number of rotatable bonds is 3. The lowest BCUT2D eigenvalue weighted by Gasteiger charge is -2.10. The number of pyridine rings is 1. The highest BCUT2D eigenvalue weighted by Gasteiger charge is 2.10. The number of aromatic nitrogens is 1. The predicted molar refractivity (Wildman–Crippen MR) is 74.0 cm³/mol. The van der Waals surface area contributed by atoms with Gasteiger partial charge in [-0.1, -0.05) is 13.0 Å². The Bertz CT molecular complexity index is 644. The van der Waals surface area contributed by atoms with Gasteiger partial charge < -0.3 is 10.5 Å². The van der Waals surface area contributed by atoms with Crippen molar-refractivity contribution in [3.63, 3.8) is 0 Å². The van der Waals surface area contributed by atoms with E-state index in [0.29, 0.717) is 22.9 Å². The molecule has 1 aromatic heterocycles. The maximum atomic E-state index is 9.13. The van der Waals surface area contributed by atoms with E-state index in [9.17, 15) is 0 Å². The summed E-state index contributed by atoms with van der Waals surface area (Å²) in [5.41, 5.74) is 8.89. The van der Waals surface area contributed by atoms with E-state index < -0.39 is 0 Å². The van der Waals surface area contributed by atoms with Crippen molar-refractivity contribution in [1.82, 2.24) is 4.98 Å². The number of nitriles is 1. The van der Waals surface area contributed by atoms with Crippen LogP contribution in [0.1, 0.15) is 23.6 Å². The van der Waals surface area contributed by atoms with Crippen LogP contribution in [0.2, 0.25) is 0 Å². The molecule has 0 bridgehead atoms. The first-order valence-corrected chi connectivity index (χ1v) is 6.07. The smallest absolute Gasteiger partial charge is 0.237 e. The average Bonchev–Trinajstić information content (AvgIpc) is 2.41. The first-order chi connectivity index (χ1) is 9.15. The van der Waals surface area contributed by atoms with Gasteiger partial charge in [-0.05, 0) is 42.7 Å². The molecule has 0 atom stereocenters. The van der Waals surface area contributed by atoms with Crippen molar-refractivity contribution in [1.29, 1.82) is 5.26 Å². The number of nitrogens with two attached hydrogens (primary N) is 1. The van der Waals surface area contributed by atoms with Gasteiger partial charge in [-0.25, -0.2) is 4.98 Å². The zero-order valence-electron chi connectivity index (χ0n) is 11.0. The van der Waals surface area contributed by atoms with Gasteiger partial charge in [0.25, 0.3) is 0 Å². The summed E-state index contributed by atoms with van der Waals surface area (Å²) in [7, 11) is 0. The fourth-order valence-corrected chi connectivity index (χ4v) is 1.76. The zero-order valence-corrected chi connectivity index (χ0v) is 11.0. The van der Waals surface area contributed by atoms with E-state index in [-0.39, 0.29) is 0 Å². The highest BCUT2D eigenvalue weighted by atomic mass is 16.5. The lowest BCUT2D eigenvalue weighted by atomic mass is 10.1. The lowest BCUT2D eigenvalue weighted by Crippen LogP contribution is -1.98. The summed E-state index contributed by atoms with van der Waals surface area (Å²) in [6, 6.07) is 9.50. The van der Waals surface area contributed by atoms with Gasteiger partial charge in [-0.15, -0.1) is 0 Å². The maximum Gasteiger partial charge on any atom is 0.237 e. The van der Waals surface area contributed by atoms with Crippen molar-refractivity contribution in [3.8, 4) is 17.7 Å². The molecule has 0 aliphatic rings. The monoisotopic (exact) mass is 253 g/mol. The van der Waals surface area contributed by atoms with Crippen molar-refractivity contribution < 1.29 is 4.74 Å². The molecular formula is C15H15N3O. The molecule has 2 N–H and O–H groups in total. The second kappa shape index (κ2) is 5.40. The molecule has 0 aliphatic carbocycles. The number of hydrogen-bond donors (Lipinski definition) is 1. The third kappa shape index (κ3) is 2.66. The zero-order chi connectivity index (χ0) is 13.8. The summed E-state index contributed by atoms with van der Waals surface area (Å²) in [6.45, 7) is 3.90. The molecule has 4 nitrogen and oxygen atoms in total. The van der Waals surface area contributed by atoms with Crippen molar-refractivity contribution >= 4 is 5.69 Å². The quantitative estimate of drug-likeness (QED) is 0.852. The van der Waals surface area contributed by atoms with Gasteiger partial charge in [0.05, 0.1) is 5.69 Å². The molecule has 0 fully saturated rings. The molecule has 0 aliphatic heterocycles. The lowest BCUT2D eigenvalue weighted by molar-refractivity contribution is 0.463. The highest BCUT2D eigenvalue weighted by Crippen LogP contribution is 2.29. The van der Waals surface area contributed by atoms with Crippen LogP contribution < -0.4 is 10.5 Å². The largest absolute Gasteiger partial charge is 0.436 e. The van der Waals surface area contributed by atoms with Gasteiger partial charge in [0.15, 0.2) is 5.75 Å². The topological polar surface area (TPSA) is 71.9 Å². The Hall–Kier alpha value is -2.54. The number of ether oxygens (including phenoxy) is 1. The number of benzene rings is 1. The van der Waals surface area contributed by atoms with Crippen LogP contribution in [0.5, 0.6) is 11.6 Å². The molecule has 19 heavy (non-hydrogen) atoms. The van der Waals surface area contributed by atoms with E-state index in [1.54, 1.807) is 18.3 Å². The van der Waals surface area contributed by atoms with E-state index in [2.05, 4.69) is 18.0 Å². The standard InChI is InChI=1S/C15H15N3O/c1-3-11-4-5-14(13(17)8-11)19-15-12(9-16)10(2)6-7-18-15/h4-8H,3,17H2,1-2H3. The second-order valence-electron chi connectivity index (χ2n) is 4.25. The summed E-state index contributed by atoms with van der Waals surface area (Å²) in [5.74, 6) is 0.810. The van der Waals surface area contributed by atoms with E-state index >= 15 is 0 Å². The Morgan fingerprint density at radius 3 is 2.79 bits per heavy atom. The molecule has 4 heteroatoms. The van der Waals surface area contributed by atoms with Crippen LogP contribution in [0.4, 0.5) is 5.69 Å². The number of anilines is 1. The van der Waals surface area contributed by atoms with Crippen molar-refractivity contribution in [2.75, 3.05) is 5.73 Å². The van der Waals surface area contributed by atoms with Crippen molar-refractivity contribution in [2.24, 2.45) is 0 Å². The van der Waals surface area contributed by atoms with Gasteiger partial charge >= 0.3 is 0 Å². The van der Waals surface area contributed by atoms with Gasteiger partial charge in [-0.3, -0.25) is 0 Å². The van der Waals surface area contributed by atoms with Gasteiger partial charge in [0, 0.05) is 6.20 Å². The van der Waals surface area contributed by atoms with Crippen LogP contribution in [0, 0.1) is 18.3 Å². The maximum absolute atomic E-state index is 9.13. The molecule has 96 valence electrons. The molecule has 1 heterocycles. The molecule has 0 saturated carbocycles. The number of hydrogen-bond acceptors (Lipinski definition) is 4. The van der Waals surface area contributed by atoms with E-state index in [1.807, 2.05) is 19.1 Å². The Labute approximate surface area is 112 Å². The second-order valence-corrected chi connectivity index (χ2v) is 4.25. The minimum atomic E-state index is 0.290.